The number of hydrogen-bond donors (Lipinski definition) is 2. The van der Waals surface area contributed by atoms with Crippen LogP contribution in [0, 0.1) is 0 Å². The van der Waals surface area contributed by atoms with Gasteiger partial charge in [0.05, 0.1) is 11.7 Å². The number of nitrogens with one attached hydrogen (secondary N) is 1. The minimum absolute atomic E-state index is 0.0240. The number of carbonyl (C=O) groups excluding carboxylic acids is 4. The quantitative estimate of drug-likeness (QED) is 0.371. The van der Waals surface area contributed by atoms with Gasteiger partial charge in [-0.15, -0.1) is 0 Å². The van der Waals surface area contributed by atoms with Crippen LogP contribution in [0.5, 0.6) is 0 Å². The number of oxazole rings is 1. The van der Waals surface area contributed by atoms with Crippen LogP contribution in [-0.2, 0) is 9.47 Å². The van der Waals surface area contributed by atoms with E-state index in [4.69, 9.17) is 19.6 Å². The summed E-state index contributed by atoms with van der Waals surface area (Å²) in [5.41, 5.74) is 3.30. The van der Waals surface area contributed by atoms with Crippen LogP contribution >= 0.6 is 0 Å². The number of rotatable bonds is 7. The third-order valence-electron chi connectivity index (χ3n) is 6.06. The molecule has 1 saturated heterocycles. The highest BCUT2D eigenvalue weighted by molar-refractivity contribution is 6.07. The van der Waals surface area contributed by atoms with Crippen LogP contribution in [0.1, 0.15) is 68.6 Å². The van der Waals surface area contributed by atoms with Crippen molar-refractivity contribution in [3.8, 4) is 11.5 Å². The fourth-order valence-electron chi connectivity index (χ4n) is 4.08. The number of ether oxygens (including phenoxy) is 2. The first-order valence-electron chi connectivity index (χ1n) is 13.9. The molecule has 46 heavy (non-hydrogen) atoms. The van der Waals surface area contributed by atoms with Gasteiger partial charge < -0.3 is 29.8 Å². The molecular weight excluding hydrogens is 617 g/mol. The van der Waals surface area contributed by atoms with Crippen LogP contribution in [0.4, 0.5) is 34.3 Å². The van der Waals surface area contributed by atoms with Gasteiger partial charge in [-0.2, -0.15) is 18.3 Å². The van der Waals surface area contributed by atoms with Crippen LogP contribution in [0.25, 0.3) is 11.5 Å². The minimum Gasteiger partial charge on any atom is -0.444 e. The summed E-state index contributed by atoms with van der Waals surface area (Å²) in [7, 11) is 0. The number of anilines is 2. The zero-order valence-corrected chi connectivity index (χ0v) is 25.8. The first kappa shape index (κ1) is 33.7. The molecule has 3 aromatic heterocycles. The second-order valence-corrected chi connectivity index (χ2v) is 12.4. The van der Waals surface area contributed by atoms with Crippen molar-refractivity contribution in [1.29, 1.82) is 0 Å². The van der Waals surface area contributed by atoms with E-state index in [1.165, 1.54) is 42.6 Å². The lowest BCUT2D eigenvalue weighted by Crippen LogP contribution is -2.52. The highest BCUT2D eigenvalue weighted by atomic mass is 19.4. The van der Waals surface area contributed by atoms with Gasteiger partial charge in [0.2, 0.25) is 5.89 Å². The third-order valence-corrected chi connectivity index (χ3v) is 6.06. The first-order chi connectivity index (χ1) is 21.2. The lowest BCUT2D eigenvalue weighted by atomic mass is 10.1. The second-order valence-electron chi connectivity index (χ2n) is 12.4. The number of primary amides is 1. The maximum absolute atomic E-state index is 13.3. The Balaban J connectivity index is 1.49. The van der Waals surface area contributed by atoms with Gasteiger partial charge in [0.15, 0.2) is 11.4 Å². The summed E-state index contributed by atoms with van der Waals surface area (Å²) in [6.45, 7) is 8.57. The van der Waals surface area contributed by atoms with Gasteiger partial charge in [0, 0.05) is 31.0 Å². The van der Waals surface area contributed by atoms with E-state index in [2.05, 4.69) is 20.4 Å². The Labute approximate surface area is 260 Å². The average Bonchev–Trinajstić information content (AvgIpc) is 3.52. The largest absolute Gasteiger partial charge is 0.444 e. The number of likely N-dealkylation sites (tertiary alicyclic amines) is 1. The Morgan fingerprint density at radius 3 is 2.33 bits per heavy atom. The van der Waals surface area contributed by atoms with Crippen molar-refractivity contribution >= 4 is 35.5 Å². The molecule has 1 fully saturated rings. The predicted molar refractivity (Wildman–Crippen MR) is 155 cm³/mol. The molecule has 0 atom stereocenters. The van der Waals surface area contributed by atoms with Crippen LogP contribution in [0.3, 0.4) is 0 Å². The summed E-state index contributed by atoms with van der Waals surface area (Å²) in [6.07, 6.45) is -3.02. The lowest BCUT2D eigenvalue weighted by Gasteiger charge is -2.39. The number of amides is 4. The van der Waals surface area contributed by atoms with Crippen molar-refractivity contribution in [3.05, 3.63) is 42.2 Å². The molecule has 4 heterocycles. The smallest absolute Gasteiger partial charge is 0.416 e. The van der Waals surface area contributed by atoms with E-state index < -0.39 is 53.7 Å². The zero-order valence-electron chi connectivity index (χ0n) is 25.8. The molecule has 248 valence electrons. The number of halogens is 3. The van der Waals surface area contributed by atoms with Crippen LogP contribution in [-0.4, -0.2) is 85.7 Å². The van der Waals surface area contributed by atoms with Gasteiger partial charge in [0.1, 0.15) is 29.8 Å². The molecule has 4 rings (SSSR count). The maximum Gasteiger partial charge on any atom is 0.416 e. The van der Waals surface area contributed by atoms with Gasteiger partial charge in [-0.25, -0.2) is 19.6 Å². The van der Waals surface area contributed by atoms with E-state index in [1.807, 2.05) is 0 Å². The molecule has 0 radical (unpaired) electrons. The summed E-state index contributed by atoms with van der Waals surface area (Å²) in [5, 5.41) is 6.66. The Morgan fingerprint density at radius 2 is 1.74 bits per heavy atom. The van der Waals surface area contributed by atoms with Crippen molar-refractivity contribution in [2.75, 3.05) is 29.9 Å². The minimum atomic E-state index is -4.77. The number of pyridine rings is 1. The van der Waals surface area contributed by atoms with Gasteiger partial charge >= 0.3 is 18.4 Å². The van der Waals surface area contributed by atoms with Crippen LogP contribution < -0.4 is 16.0 Å². The Bertz CT molecular complexity index is 1630. The van der Waals surface area contributed by atoms with E-state index in [0.717, 1.165) is 18.5 Å². The van der Waals surface area contributed by atoms with Crippen LogP contribution in [0.15, 0.2) is 35.2 Å². The number of carbonyl (C=O) groups is 4. The molecule has 4 amide bonds. The number of aromatic nitrogens is 4. The van der Waals surface area contributed by atoms with E-state index in [-0.39, 0.29) is 47.7 Å². The Morgan fingerprint density at radius 1 is 1.09 bits per heavy atom. The van der Waals surface area contributed by atoms with Gasteiger partial charge in [-0.05, 0) is 53.7 Å². The lowest BCUT2D eigenvalue weighted by molar-refractivity contribution is -0.119. The topological polar surface area (TPSA) is 188 Å². The van der Waals surface area contributed by atoms with Gasteiger partial charge in [0.25, 0.3) is 11.8 Å². The predicted octanol–water partition coefficient (Wildman–Crippen LogP) is 4.38. The molecule has 1 aliphatic heterocycles. The number of nitrogens with zero attached hydrogens (tertiary/aromatic N) is 6. The fraction of sp³-hybridized carbons (Fsp3) is 0.464. The van der Waals surface area contributed by atoms with Crippen molar-refractivity contribution in [2.45, 2.75) is 65.0 Å². The number of nitrogens with two attached hydrogens (primary N) is 1. The van der Waals surface area contributed by atoms with E-state index >= 15 is 0 Å². The number of alkyl halides is 3. The molecule has 1 aliphatic rings. The van der Waals surface area contributed by atoms with Crippen molar-refractivity contribution in [1.82, 2.24) is 24.6 Å². The number of hydrogen-bond acceptors (Lipinski definition) is 10. The van der Waals surface area contributed by atoms with E-state index in [0.29, 0.717) is 4.90 Å². The van der Waals surface area contributed by atoms with E-state index in [1.54, 1.807) is 20.8 Å². The van der Waals surface area contributed by atoms with Gasteiger partial charge in [-0.1, -0.05) is 0 Å². The molecule has 3 N–H and O–H groups in total. The Hall–Kier alpha value is -5.16. The molecule has 15 nitrogen and oxygen atoms in total. The summed E-state index contributed by atoms with van der Waals surface area (Å²) in [4.78, 5) is 59.7. The summed E-state index contributed by atoms with van der Waals surface area (Å²) >= 11 is 0. The standard InChI is InChI=1S/C28H33F3N8O7/c1-26(2,3)45-24(42)37-10-16(11-37)39-12-17(20(36-39)21(32)40)34-22(41)18-13-44-23(35-18)15-7-8-33-19(9-15)38(14-28(29,30)31)25(43)46-27(4,5)6/h7-9,12-13,16H,10-11,14H2,1-6H3,(H2,32,40)(H,34,41). The van der Waals surface area contributed by atoms with Crippen molar-refractivity contribution < 1.29 is 46.2 Å². The Kier molecular flexibility index (Phi) is 9.03. The normalized spacial score (nSPS) is 14.0. The first-order valence-corrected chi connectivity index (χ1v) is 13.9. The highest BCUT2D eigenvalue weighted by Crippen LogP contribution is 2.29. The summed E-state index contributed by atoms with van der Waals surface area (Å²) < 4.78 is 57.2. The third kappa shape index (κ3) is 8.51. The molecule has 0 aliphatic carbocycles. The average molecular weight is 651 g/mol. The van der Waals surface area contributed by atoms with Crippen LogP contribution in [0.2, 0.25) is 0 Å². The maximum atomic E-state index is 13.3. The molecule has 18 heteroatoms. The fourth-order valence-corrected chi connectivity index (χ4v) is 4.08. The molecule has 0 bridgehead atoms. The summed E-state index contributed by atoms with van der Waals surface area (Å²) in [6, 6.07) is 2.16. The molecule has 3 aromatic rings. The monoisotopic (exact) mass is 650 g/mol. The van der Waals surface area contributed by atoms with Crippen molar-refractivity contribution in [2.24, 2.45) is 5.73 Å². The summed E-state index contributed by atoms with van der Waals surface area (Å²) in [5.74, 6) is -2.31. The second kappa shape index (κ2) is 12.3. The van der Waals surface area contributed by atoms with E-state index in [9.17, 15) is 32.3 Å². The SMILES string of the molecule is CC(C)(C)OC(=O)N1CC(n2cc(NC(=O)c3coc(-c4ccnc(N(CC(F)(F)F)C(=O)OC(C)(C)C)c4)n3)c(C(N)=O)n2)C1. The molecule has 0 spiro atoms. The molecule has 0 unspecified atom stereocenters. The molecule has 0 saturated carbocycles. The molecule has 0 aromatic carbocycles. The zero-order chi connectivity index (χ0) is 34.2. The van der Waals surface area contributed by atoms with Crippen molar-refractivity contribution in [3.63, 3.8) is 0 Å². The molecular formula is C28H33F3N8O7. The highest BCUT2D eigenvalue weighted by Gasteiger charge is 2.38. The van der Waals surface area contributed by atoms with Gasteiger partial charge in [-0.3, -0.25) is 19.2 Å².